The number of carboxylic acids is 1. The second kappa shape index (κ2) is 4.91. The summed E-state index contributed by atoms with van der Waals surface area (Å²) in [5.41, 5.74) is -0.0430. The minimum absolute atomic E-state index is 0.0299. The van der Waals surface area contributed by atoms with E-state index >= 15 is 0 Å². The van der Waals surface area contributed by atoms with Crippen LogP contribution in [-0.4, -0.2) is 26.1 Å². The van der Waals surface area contributed by atoms with E-state index in [0.717, 1.165) is 17.5 Å². The van der Waals surface area contributed by atoms with Gasteiger partial charge in [0.15, 0.2) is 5.69 Å². The maximum atomic E-state index is 14.3. The number of benzene rings is 1. The summed E-state index contributed by atoms with van der Waals surface area (Å²) in [6.07, 6.45) is 1.56. The van der Waals surface area contributed by atoms with Gasteiger partial charge in [0.1, 0.15) is 6.54 Å². The topological polar surface area (TPSA) is 68.0 Å². The Labute approximate surface area is 119 Å². The summed E-state index contributed by atoms with van der Waals surface area (Å²) in [5.74, 6) is -4.39. The second-order valence-corrected chi connectivity index (χ2v) is 5.13. The second-order valence-electron chi connectivity index (χ2n) is 5.13. The molecule has 0 unspecified atom stereocenters. The first-order valence-electron chi connectivity index (χ1n) is 6.59. The Balaban J connectivity index is 1.93. The fourth-order valence-electron chi connectivity index (χ4n) is 2.31. The van der Waals surface area contributed by atoms with Gasteiger partial charge in [-0.3, -0.25) is 0 Å². The Kier molecular flexibility index (Phi) is 3.19. The number of hydrogen-bond acceptors (Lipinski definition) is 3. The number of rotatable bonds is 5. The summed E-state index contributed by atoms with van der Waals surface area (Å²) in [6.45, 7) is -0.705. The van der Waals surface area contributed by atoms with E-state index in [1.54, 1.807) is 6.07 Å². The molecule has 110 valence electrons. The van der Waals surface area contributed by atoms with Crippen LogP contribution in [0.4, 0.5) is 8.78 Å². The van der Waals surface area contributed by atoms with Gasteiger partial charge in [0, 0.05) is 11.5 Å². The Hall–Kier alpha value is -2.31. The molecule has 3 rings (SSSR count). The fourth-order valence-corrected chi connectivity index (χ4v) is 2.31. The van der Waals surface area contributed by atoms with Crippen molar-refractivity contribution < 1.29 is 18.7 Å². The maximum Gasteiger partial charge on any atom is 0.358 e. The van der Waals surface area contributed by atoms with Crippen LogP contribution in [0.15, 0.2) is 30.3 Å². The highest BCUT2D eigenvalue weighted by atomic mass is 19.3. The largest absolute Gasteiger partial charge is 0.476 e. The minimum atomic E-state index is -3.13. The van der Waals surface area contributed by atoms with Gasteiger partial charge >= 0.3 is 5.97 Å². The number of carbonyl (C=O) groups is 1. The van der Waals surface area contributed by atoms with Crippen molar-refractivity contribution in [3.05, 3.63) is 47.3 Å². The fraction of sp³-hybridized carbons (Fsp3) is 0.357. The van der Waals surface area contributed by atoms with E-state index in [-0.39, 0.29) is 17.2 Å². The monoisotopic (exact) mass is 293 g/mol. The summed E-state index contributed by atoms with van der Waals surface area (Å²) in [4.78, 5) is 11.1. The number of aromatic carboxylic acids is 1. The van der Waals surface area contributed by atoms with Crippen LogP contribution in [-0.2, 0) is 12.5 Å². The van der Waals surface area contributed by atoms with Crippen molar-refractivity contribution in [2.24, 2.45) is 0 Å². The molecule has 21 heavy (non-hydrogen) atoms. The molecule has 1 heterocycles. The van der Waals surface area contributed by atoms with Crippen molar-refractivity contribution in [3.63, 3.8) is 0 Å². The van der Waals surface area contributed by atoms with Crippen LogP contribution >= 0.6 is 0 Å². The molecule has 0 spiro atoms. The number of carboxylic acid groups (broad SMARTS) is 1. The average molecular weight is 293 g/mol. The van der Waals surface area contributed by atoms with Crippen LogP contribution in [0.5, 0.6) is 0 Å². The molecule has 0 saturated heterocycles. The number of halogens is 2. The highest BCUT2D eigenvalue weighted by Gasteiger charge is 2.38. The van der Waals surface area contributed by atoms with E-state index < -0.39 is 18.4 Å². The van der Waals surface area contributed by atoms with Crippen LogP contribution in [0.3, 0.4) is 0 Å². The molecule has 5 nitrogen and oxygen atoms in total. The molecule has 1 aromatic carbocycles. The molecular formula is C14H13F2N3O2. The first-order valence-corrected chi connectivity index (χ1v) is 6.59. The van der Waals surface area contributed by atoms with Crippen molar-refractivity contribution in [1.29, 1.82) is 0 Å². The molecule has 0 amide bonds. The van der Waals surface area contributed by atoms with E-state index in [1.807, 2.05) is 0 Å². The first kappa shape index (κ1) is 13.7. The third-order valence-corrected chi connectivity index (χ3v) is 3.48. The van der Waals surface area contributed by atoms with Gasteiger partial charge < -0.3 is 5.11 Å². The molecule has 0 aliphatic heterocycles. The van der Waals surface area contributed by atoms with Gasteiger partial charge in [0.2, 0.25) is 0 Å². The molecule has 7 heteroatoms. The van der Waals surface area contributed by atoms with Crippen molar-refractivity contribution in [2.75, 3.05) is 0 Å². The van der Waals surface area contributed by atoms with Gasteiger partial charge in [-0.1, -0.05) is 35.5 Å². The van der Waals surface area contributed by atoms with Crippen LogP contribution in [0.2, 0.25) is 0 Å². The van der Waals surface area contributed by atoms with Gasteiger partial charge in [-0.05, 0) is 12.8 Å². The molecule has 1 N–H and O–H groups in total. The predicted molar refractivity (Wildman–Crippen MR) is 69.3 cm³/mol. The van der Waals surface area contributed by atoms with E-state index in [0.29, 0.717) is 5.69 Å². The molecule has 0 radical (unpaired) electrons. The molecule has 0 bridgehead atoms. The lowest BCUT2D eigenvalue weighted by atomic mass is 10.1. The van der Waals surface area contributed by atoms with E-state index in [2.05, 4.69) is 10.3 Å². The SMILES string of the molecule is O=C(O)c1nnn(CC(F)(F)c2ccccc2)c1C1CC1. The number of hydrogen-bond donors (Lipinski definition) is 1. The van der Waals surface area contributed by atoms with E-state index in [9.17, 15) is 13.6 Å². The van der Waals surface area contributed by atoms with Crippen molar-refractivity contribution in [3.8, 4) is 0 Å². The van der Waals surface area contributed by atoms with Gasteiger partial charge in [0.25, 0.3) is 5.92 Å². The van der Waals surface area contributed by atoms with Crippen molar-refractivity contribution >= 4 is 5.97 Å². The van der Waals surface area contributed by atoms with Gasteiger partial charge in [-0.25, -0.2) is 9.48 Å². The van der Waals surface area contributed by atoms with E-state index in [4.69, 9.17) is 5.11 Å². The van der Waals surface area contributed by atoms with Crippen LogP contribution in [0.25, 0.3) is 0 Å². The van der Waals surface area contributed by atoms with Gasteiger partial charge in [-0.15, -0.1) is 5.10 Å². The standard InChI is InChI=1S/C14H13F2N3O2/c15-14(16,10-4-2-1-3-5-10)8-19-12(9-6-7-9)11(13(20)21)17-18-19/h1-5,9H,6-8H2,(H,20,21). The molecular weight excluding hydrogens is 280 g/mol. The average Bonchev–Trinajstić information content (AvgIpc) is 3.21. The molecule has 1 aromatic heterocycles. The highest BCUT2D eigenvalue weighted by molar-refractivity contribution is 5.86. The summed E-state index contributed by atoms with van der Waals surface area (Å²) in [6, 6.07) is 7.41. The van der Waals surface area contributed by atoms with Crippen molar-refractivity contribution in [2.45, 2.75) is 31.2 Å². The number of nitrogens with zero attached hydrogens (tertiary/aromatic N) is 3. The van der Waals surface area contributed by atoms with Crippen LogP contribution in [0, 0.1) is 0 Å². The van der Waals surface area contributed by atoms with Gasteiger partial charge in [0.05, 0.1) is 5.69 Å². The van der Waals surface area contributed by atoms with Crippen LogP contribution in [0.1, 0.15) is 40.5 Å². The number of aromatic nitrogens is 3. The predicted octanol–water partition coefficient (Wildman–Crippen LogP) is 2.65. The Morgan fingerprint density at radius 3 is 2.57 bits per heavy atom. The van der Waals surface area contributed by atoms with Crippen LogP contribution < -0.4 is 0 Å². The summed E-state index contributed by atoms with van der Waals surface area (Å²) >= 11 is 0. The molecule has 1 aliphatic rings. The smallest absolute Gasteiger partial charge is 0.358 e. The molecule has 2 aromatic rings. The highest BCUT2D eigenvalue weighted by Crippen LogP contribution is 2.42. The van der Waals surface area contributed by atoms with Crippen molar-refractivity contribution in [1.82, 2.24) is 15.0 Å². The minimum Gasteiger partial charge on any atom is -0.476 e. The maximum absolute atomic E-state index is 14.3. The molecule has 1 aliphatic carbocycles. The lowest BCUT2D eigenvalue weighted by Gasteiger charge is -2.17. The summed E-state index contributed by atoms with van der Waals surface area (Å²) < 4.78 is 29.6. The Morgan fingerprint density at radius 2 is 2.00 bits per heavy atom. The van der Waals surface area contributed by atoms with Gasteiger partial charge in [-0.2, -0.15) is 8.78 Å². The lowest BCUT2D eigenvalue weighted by Crippen LogP contribution is -2.23. The molecule has 1 saturated carbocycles. The Morgan fingerprint density at radius 1 is 1.33 bits per heavy atom. The summed E-state index contributed by atoms with van der Waals surface area (Å²) in [7, 11) is 0. The third kappa shape index (κ3) is 2.63. The zero-order valence-corrected chi connectivity index (χ0v) is 11.0. The zero-order chi connectivity index (χ0) is 15.0. The molecule has 0 atom stereocenters. The normalized spacial score (nSPS) is 15.1. The lowest BCUT2D eigenvalue weighted by molar-refractivity contribution is -0.0266. The number of alkyl halides is 2. The summed E-state index contributed by atoms with van der Waals surface area (Å²) in [5, 5.41) is 16.2. The Bertz CT molecular complexity index is 666. The van der Waals surface area contributed by atoms with E-state index in [1.165, 1.54) is 24.3 Å². The first-order chi connectivity index (χ1) is 9.99. The molecule has 1 fully saturated rings. The zero-order valence-electron chi connectivity index (χ0n) is 11.0. The third-order valence-electron chi connectivity index (χ3n) is 3.48. The quantitative estimate of drug-likeness (QED) is 0.920.